The van der Waals surface area contributed by atoms with Crippen LogP contribution in [0.15, 0.2) is 18.3 Å². The number of hydrogen-bond donors (Lipinski definition) is 1. The molecular weight excluding hydrogens is 404 g/mol. The van der Waals surface area contributed by atoms with Gasteiger partial charge in [0, 0.05) is 17.3 Å². The van der Waals surface area contributed by atoms with Crippen molar-refractivity contribution in [1.29, 1.82) is 0 Å². The zero-order valence-corrected chi connectivity index (χ0v) is 19.2. The third kappa shape index (κ3) is 3.57. The molecule has 166 valence electrons. The molecule has 9 heteroatoms. The Hall–Kier alpha value is -3.49. The van der Waals surface area contributed by atoms with Gasteiger partial charge in [-0.15, -0.1) is 0 Å². The normalized spacial score (nSPS) is 13.8. The second kappa shape index (κ2) is 7.58. The van der Waals surface area contributed by atoms with E-state index in [1.165, 1.54) is 18.4 Å². The Morgan fingerprint density at radius 3 is 2.47 bits per heavy atom. The lowest BCUT2D eigenvalue weighted by atomic mass is 10.1. The van der Waals surface area contributed by atoms with Crippen LogP contribution in [0, 0.1) is 34.6 Å². The number of anilines is 1. The van der Waals surface area contributed by atoms with E-state index < -0.39 is 0 Å². The largest absolute Gasteiger partial charge is 0.321 e. The number of carbonyl (C=O) groups excluding carboxylic acids is 1. The summed E-state index contributed by atoms with van der Waals surface area (Å²) in [7, 11) is 0. The van der Waals surface area contributed by atoms with Crippen LogP contribution in [0.25, 0.3) is 11.0 Å². The van der Waals surface area contributed by atoms with Gasteiger partial charge in [-0.2, -0.15) is 15.3 Å². The minimum absolute atomic E-state index is 0.104. The van der Waals surface area contributed by atoms with Gasteiger partial charge in [-0.1, -0.05) is 0 Å². The molecule has 1 fully saturated rings. The van der Waals surface area contributed by atoms with Crippen molar-refractivity contribution in [3.05, 3.63) is 52.4 Å². The fourth-order valence-corrected chi connectivity index (χ4v) is 4.43. The molecule has 0 radical (unpaired) electrons. The number of carbonyl (C=O) groups is 1. The Morgan fingerprint density at radius 1 is 1.03 bits per heavy atom. The van der Waals surface area contributed by atoms with E-state index in [1.807, 2.05) is 56.2 Å². The van der Waals surface area contributed by atoms with Crippen LogP contribution < -0.4 is 5.32 Å². The first-order chi connectivity index (χ1) is 15.3. The minimum Gasteiger partial charge on any atom is -0.321 e. The zero-order valence-electron chi connectivity index (χ0n) is 19.2. The zero-order chi connectivity index (χ0) is 22.6. The van der Waals surface area contributed by atoms with Crippen LogP contribution >= 0.6 is 0 Å². The third-order valence-electron chi connectivity index (χ3n) is 6.17. The first kappa shape index (κ1) is 20.4. The van der Waals surface area contributed by atoms with Gasteiger partial charge >= 0.3 is 0 Å². The highest BCUT2D eigenvalue weighted by Gasteiger charge is 2.28. The number of hydrogen-bond acceptors (Lipinski definition) is 5. The van der Waals surface area contributed by atoms with Crippen LogP contribution in [0.5, 0.6) is 0 Å². The fraction of sp³-hybridized carbons (Fsp3) is 0.435. The number of pyridine rings is 1. The van der Waals surface area contributed by atoms with E-state index in [1.54, 1.807) is 4.68 Å². The van der Waals surface area contributed by atoms with E-state index in [-0.39, 0.29) is 12.5 Å². The lowest BCUT2D eigenvalue weighted by Gasteiger charge is -2.09. The molecule has 4 aromatic rings. The highest BCUT2D eigenvalue weighted by molar-refractivity contribution is 5.93. The van der Waals surface area contributed by atoms with Crippen molar-refractivity contribution >= 4 is 22.6 Å². The van der Waals surface area contributed by atoms with Gasteiger partial charge in [0.2, 0.25) is 5.91 Å². The molecule has 1 aliphatic carbocycles. The van der Waals surface area contributed by atoms with Crippen molar-refractivity contribution in [1.82, 2.24) is 34.3 Å². The summed E-state index contributed by atoms with van der Waals surface area (Å²) in [5, 5.41) is 17.9. The molecule has 32 heavy (non-hydrogen) atoms. The van der Waals surface area contributed by atoms with Gasteiger partial charge in [-0.25, -0.2) is 19.0 Å². The van der Waals surface area contributed by atoms with Gasteiger partial charge in [-0.3, -0.25) is 4.79 Å². The number of nitrogens with one attached hydrogen (secondary N) is 1. The Morgan fingerprint density at radius 2 is 1.78 bits per heavy atom. The van der Waals surface area contributed by atoms with Gasteiger partial charge < -0.3 is 5.32 Å². The molecule has 1 aliphatic rings. The smallest absolute Gasteiger partial charge is 0.246 e. The minimum atomic E-state index is -0.148. The van der Waals surface area contributed by atoms with Crippen LogP contribution in [0.4, 0.5) is 5.69 Å². The Labute approximate surface area is 186 Å². The average Bonchev–Trinajstić information content (AvgIpc) is 3.42. The summed E-state index contributed by atoms with van der Waals surface area (Å²) in [5.41, 5.74) is 7.43. The number of aromatic nitrogens is 7. The topological polar surface area (TPSA) is 95.5 Å². The van der Waals surface area contributed by atoms with Crippen LogP contribution in [-0.2, 0) is 18.0 Å². The van der Waals surface area contributed by atoms with Crippen molar-refractivity contribution in [3.8, 4) is 0 Å². The molecule has 5 rings (SSSR count). The van der Waals surface area contributed by atoms with Crippen LogP contribution in [0.1, 0.15) is 52.8 Å². The Balaban J connectivity index is 1.36. The number of nitrogens with zero attached hydrogens (tertiary/aromatic N) is 7. The van der Waals surface area contributed by atoms with E-state index in [4.69, 9.17) is 0 Å². The molecule has 0 spiro atoms. The van der Waals surface area contributed by atoms with Crippen LogP contribution in [0.3, 0.4) is 0 Å². The van der Waals surface area contributed by atoms with Crippen LogP contribution in [0.2, 0.25) is 0 Å². The summed E-state index contributed by atoms with van der Waals surface area (Å²) in [6, 6.07) is 4.12. The second-order valence-electron chi connectivity index (χ2n) is 8.78. The molecule has 9 nitrogen and oxygen atoms in total. The quantitative estimate of drug-likeness (QED) is 0.504. The van der Waals surface area contributed by atoms with Gasteiger partial charge in [0.05, 0.1) is 28.5 Å². The van der Waals surface area contributed by atoms with E-state index >= 15 is 0 Å². The highest BCUT2D eigenvalue weighted by atomic mass is 16.2. The van der Waals surface area contributed by atoms with Crippen LogP contribution in [-0.4, -0.2) is 40.2 Å². The fourth-order valence-electron chi connectivity index (χ4n) is 4.43. The summed E-state index contributed by atoms with van der Waals surface area (Å²) >= 11 is 0. The monoisotopic (exact) mass is 432 g/mol. The first-order valence-electron chi connectivity index (χ1n) is 11.0. The number of amides is 1. The molecule has 4 aromatic heterocycles. The average molecular weight is 433 g/mol. The molecule has 0 atom stereocenters. The molecule has 1 N–H and O–H groups in total. The number of fused-ring (bicyclic) bond motifs is 1. The summed E-state index contributed by atoms with van der Waals surface area (Å²) in [6.07, 6.45) is 4.25. The summed E-state index contributed by atoms with van der Waals surface area (Å²) in [6.45, 7) is 10.4. The van der Waals surface area contributed by atoms with Crippen molar-refractivity contribution in [2.24, 2.45) is 0 Å². The standard InChI is InChI=1S/C23H28N8O/c1-13-10-14(2)30(26-13)12-31-17(5)22(16(4)28-31)25-20(32)11-29-23-21(15(3)27-29)19(8-9-24-23)18-6-7-18/h8-10,18H,6-7,11-12H2,1-5H3,(H,25,32). The van der Waals surface area contributed by atoms with E-state index in [9.17, 15) is 4.79 Å². The molecule has 0 aromatic carbocycles. The Bertz CT molecular complexity index is 1340. The van der Waals surface area contributed by atoms with E-state index in [0.717, 1.165) is 45.2 Å². The number of rotatable bonds is 6. The number of aryl methyl sites for hydroxylation is 4. The predicted octanol–water partition coefficient (Wildman–Crippen LogP) is 3.39. The van der Waals surface area contributed by atoms with Crippen molar-refractivity contribution in [3.63, 3.8) is 0 Å². The molecule has 1 saturated carbocycles. The molecule has 0 bridgehead atoms. The maximum Gasteiger partial charge on any atom is 0.246 e. The van der Waals surface area contributed by atoms with Gasteiger partial charge in [0.25, 0.3) is 0 Å². The Kier molecular flexibility index (Phi) is 4.83. The molecular formula is C23H28N8O. The molecule has 0 unspecified atom stereocenters. The van der Waals surface area contributed by atoms with Gasteiger partial charge in [0.15, 0.2) is 5.65 Å². The molecule has 0 saturated heterocycles. The summed E-state index contributed by atoms with van der Waals surface area (Å²) in [4.78, 5) is 17.5. The first-order valence-corrected chi connectivity index (χ1v) is 11.0. The second-order valence-corrected chi connectivity index (χ2v) is 8.78. The van der Waals surface area contributed by atoms with E-state index in [2.05, 4.69) is 31.7 Å². The third-order valence-corrected chi connectivity index (χ3v) is 6.17. The van der Waals surface area contributed by atoms with Gasteiger partial charge in [-0.05, 0) is 71.1 Å². The van der Waals surface area contributed by atoms with Gasteiger partial charge in [0.1, 0.15) is 13.2 Å². The SMILES string of the molecule is Cc1cc(C)n(Cn2nc(C)c(NC(=O)Cn3nc(C)c4c(C5CC5)ccnc43)c2C)n1. The molecule has 1 amide bonds. The molecule has 4 heterocycles. The van der Waals surface area contributed by atoms with Crippen molar-refractivity contribution < 1.29 is 4.79 Å². The summed E-state index contributed by atoms with van der Waals surface area (Å²) < 4.78 is 5.47. The predicted molar refractivity (Wildman–Crippen MR) is 122 cm³/mol. The lowest BCUT2D eigenvalue weighted by Crippen LogP contribution is -2.20. The lowest BCUT2D eigenvalue weighted by molar-refractivity contribution is -0.116. The highest BCUT2D eigenvalue weighted by Crippen LogP contribution is 2.43. The molecule has 0 aliphatic heterocycles. The maximum absolute atomic E-state index is 12.9. The van der Waals surface area contributed by atoms with E-state index in [0.29, 0.717) is 12.6 Å². The van der Waals surface area contributed by atoms with Crippen molar-refractivity contribution in [2.45, 2.75) is 66.6 Å². The summed E-state index contributed by atoms with van der Waals surface area (Å²) in [5.74, 6) is 0.453. The van der Waals surface area contributed by atoms with Crippen molar-refractivity contribution in [2.75, 3.05) is 5.32 Å². The maximum atomic E-state index is 12.9.